The van der Waals surface area contributed by atoms with Gasteiger partial charge >= 0.3 is 0 Å². The van der Waals surface area contributed by atoms with E-state index in [0.717, 1.165) is 31.6 Å². The third-order valence-corrected chi connectivity index (χ3v) is 4.91. The van der Waals surface area contributed by atoms with E-state index in [1.54, 1.807) is 0 Å². The zero-order valence-corrected chi connectivity index (χ0v) is 13.5. The van der Waals surface area contributed by atoms with Gasteiger partial charge in [-0.25, -0.2) is 8.42 Å². The van der Waals surface area contributed by atoms with Crippen LogP contribution in [0.15, 0.2) is 6.07 Å². The van der Waals surface area contributed by atoms with Gasteiger partial charge in [-0.3, -0.25) is 9.58 Å². The van der Waals surface area contributed by atoms with E-state index in [9.17, 15) is 8.42 Å². The van der Waals surface area contributed by atoms with Crippen LogP contribution in [-0.2, 0) is 16.4 Å². The van der Waals surface area contributed by atoms with Crippen molar-refractivity contribution < 1.29 is 8.42 Å². The normalized spacial score (nSPS) is 21.2. The van der Waals surface area contributed by atoms with Crippen molar-refractivity contribution >= 4 is 9.84 Å². The molecule has 0 spiro atoms. The third kappa shape index (κ3) is 4.31. The molecule has 1 saturated heterocycles. The molecule has 20 heavy (non-hydrogen) atoms. The van der Waals surface area contributed by atoms with Crippen LogP contribution in [0.5, 0.6) is 0 Å². The highest BCUT2D eigenvalue weighted by molar-refractivity contribution is 7.90. The first-order valence-electron chi connectivity index (χ1n) is 7.28. The van der Waals surface area contributed by atoms with Crippen molar-refractivity contribution in [1.29, 1.82) is 0 Å². The van der Waals surface area contributed by atoms with Gasteiger partial charge in [-0.15, -0.1) is 0 Å². The summed E-state index contributed by atoms with van der Waals surface area (Å²) in [6, 6.07) is 2.49. The lowest BCUT2D eigenvalue weighted by Gasteiger charge is -2.35. The number of rotatable bonds is 5. The average molecular weight is 299 g/mol. The fourth-order valence-electron chi connectivity index (χ4n) is 2.90. The Hall–Kier alpha value is -0.880. The first-order valence-corrected chi connectivity index (χ1v) is 9.34. The van der Waals surface area contributed by atoms with E-state index in [4.69, 9.17) is 0 Å². The molecule has 0 unspecified atom stereocenters. The first kappa shape index (κ1) is 15.5. The van der Waals surface area contributed by atoms with Crippen LogP contribution in [0.2, 0.25) is 0 Å². The maximum atomic E-state index is 11.4. The molecule has 0 radical (unpaired) electrons. The van der Waals surface area contributed by atoms with Crippen LogP contribution >= 0.6 is 0 Å². The summed E-state index contributed by atoms with van der Waals surface area (Å²) < 4.78 is 24.8. The molecule has 1 aromatic heterocycles. The maximum absolute atomic E-state index is 11.4. The molecule has 1 aromatic rings. The summed E-state index contributed by atoms with van der Waals surface area (Å²) in [7, 11) is -2.89. The van der Waals surface area contributed by atoms with Gasteiger partial charge in [0.25, 0.3) is 0 Å². The lowest BCUT2D eigenvalue weighted by atomic mass is 10.0. The van der Waals surface area contributed by atoms with Crippen molar-refractivity contribution in [1.82, 2.24) is 14.7 Å². The van der Waals surface area contributed by atoms with Crippen LogP contribution in [-0.4, -0.2) is 54.2 Å². The van der Waals surface area contributed by atoms with Crippen LogP contribution in [0.3, 0.4) is 0 Å². The molecule has 5 nitrogen and oxygen atoms in total. The fourth-order valence-corrected chi connectivity index (χ4v) is 3.47. The van der Waals surface area contributed by atoms with Gasteiger partial charge in [0.15, 0.2) is 0 Å². The van der Waals surface area contributed by atoms with Gasteiger partial charge in [0, 0.05) is 24.5 Å². The van der Waals surface area contributed by atoms with Gasteiger partial charge in [0.2, 0.25) is 0 Å². The Morgan fingerprint density at radius 1 is 1.35 bits per heavy atom. The fraction of sp³-hybridized carbons (Fsp3) is 0.786. The van der Waals surface area contributed by atoms with Crippen LogP contribution < -0.4 is 0 Å². The van der Waals surface area contributed by atoms with E-state index < -0.39 is 9.84 Å². The van der Waals surface area contributed by atoms with Gasteiger partial charge in [-0.1, -0.05) is 6.42 Å². The topological polar surface area (TPSA) is 55.2 Å². The molecule has 1 aliphatic rings. The standard InChI is InChI=1S/C14H25N3O2S/c1-12-10-13(2)17(15-12)11-14-6-4-5-7-16(14)8-9-20(3,18)19/h10,14H,4-9,11H2,1-3H3/t14-/m0/s1. The van der Waals surface area contributed by atoms with Crippen molar-refractivity contribution in [2.24, 2.45) is 0 Å². The van der Waals surface area contributed by atoms with Crippen LogP contribution in [0.4, 0.5) is 0 Å². The molecule has 114 valence electrons. The van der Waals surface area contributed by atoms with Crippen molar-refractivity contribution in [2.45, 2.75) is 45.7 Å². The second kappa shape index (κ2) is 6.26. The number of piperidine rings is 1. The molecule has 0 bridgehead atoms. The largest absolute Gasteiger partial charge is 0.298 e. The monoisotopic (exact) mass is 299 g/mol. The SMILES string of the molecule is Cc1cc(C)n(C[C@@H]2CCCCN2CCS(C)(=O)=O)n1. The zero-order chi connectivity index (χ0) is 14.8. The van der Waals surface area contributed by atoms with Gasteiger partial charge in [-0.2, -0.15) is 5.10 Å². The molecule has 1 fully saturated rings. The smallest absolute Gasteiger partial charge is 0.148 e. The third-order valence-electron chi connectivity index (χ3n) is 3.99. The predicted octanol–water partition coefficient (Wildman–Crippen LogP) is 1.40. The van der Waals surface area contributed by atoms with Gasteiger partial charge < -0.3 is 0 Å². The molecule has 1 atom stereocenters. The van der Waals surface area contributed by atoms with E-state index in [2.05, 4.69) is 27.7 Å². The maximum Gasteiger partial charge on any atom is 0.148 e. The summed E-state index contributed by atoms with van der Waals surface area (Å²) >= 11 is 0. The Morgan fingerprint density at radius 3 is 2.70 bits per heavy atom. The minimum Gasteiger partial charge on any atom is -0.298 e. The molecule has 2 rings (SSSR count). The van der Waals surface area contributed by atoms with E-state index in [1.165, 1.54) is 18.4 Å². The van der Waals surface area contributed by atoms with Crippen LogP contribution in [0.25, 0.3) is 0 Å². The Kier molecular flexibility index (Phi) is 4.86. The lowest BCUT2D eigenvalue weighted by Crippen LogP contribution is -2.44. The minimum atomic E-state index is -2.89. The van der Waals surface area contributed by atoms with E-state index in [1.807, 2.05) is 6.92 Å². The highest BCUT2D eigenvalue weighted by Gasteiger charge is 2.24. The van der Waals surface area contributed by atoms with Crippen molar-refractivity contribution in [3.8, 4) is 0 Å². The Bertz CT molecular complexity index is 551. The summed E-state index contributed by atoms with van der Waals surface area (Å²) in [5, 5.41) is 4.52. The summed E-state index contributed by atoms with van der Waals surface area (Å²) in [5.74, 6) is 0.251. The van der Waals surface area contributed by atoms with Crippen LogP contribution in [0.1, 0.15) is 30.7 Å². The molecule has 2 heterocycles. The van der Waals surface area contributed by atoms with Gasteiger partial charge in [-0.05, 0) is 39.3 Å². The number of likely N-dealkylation sites (tertiary alicyclic amines) is 1. The number of hydrogen-bond donors (Lipinski definition) is 0. The number of hydrogen-bond acceptors (Lipinski definition) is 4. The quantitative estimate of drug-likeness (QED) is 0.824. The highest BCUT2D eigenvalue weighted by atomic mass is 32.2. The van der Waals surface area contributed by atoms with E-state index in [0.29, 0.717) is 12.6 Å². The zero-order valence-electron chi connectivity index (χ0n) is 12.7. The summed E-state index contributed by atoms with van der Waals surface area (Å²) in [5.41, 5.74) is 2.22. The number of aromatic nitrogens is 2. The van der Waals surface area contributed by atoms with Crippen molar-refractivity contribution in [2.75, 3.05) is 25.1 Å². The predicted molar refractivity (Wildman–Crippen MR) is 80.6 cm³/mol. The first-order chi connectivity index (χ1) is 9.35. The van der Waals surface area contributed by atoms with Crippen molar-refractivity contribution in [3.05, 3.63) is 17.5 Å². The molecule has 1 aliphatic heterocycles. The van der Waals surface area contributed by atoms with Crippen molar-refractivity contribution in [3.63, 3.8) is 0 Å². The summed E-state index contributed by atoms with van der Waals surface area (Å²) in [4.78, 5) is 2.32. The molecular weight excluding hydrogens is 274 g/mol. The molecule has 0 saturated carbocycles. The summed E-state index contributed by atoms with van der Waals surface area (Å²) in [6.07, 6.45) is 4.83. The second-order valence-corrected chi connectivity index (χ2v) is 8.18. The van der Waals surface area contributed by atoms with E-state index in [-0.39, 0.29) is 5.75 Å². The Morgan fingerprint density at radius 2 is 2.10 bits per heavy atom. The summed E-state index contributed by atoms with van der Waals surface area (Å²) in [6.45, 7) is 6.58. The average Bonchev–Trinajstić information content (AvgIpc) is 2.66. The molecular formula is C14H25N3O2S. The van der Waals surface area contributed by atoms with E-state index >= 15 is 0 Å². The van der Waals surface area contributed by atoms with Gasteiger partial charge in [0.05, 0.1) is 18.0 Å². The Labute approximate surface area is 121 Å². The highest BCUT2D eigenvalue weighted by Crippen LogP contribution is 2.19. The molecule has 0 amide bonds. The van der Waals surface area contributed by atoms with Crippen LogP contribution in [0, 0.1) is 13.8 Å². The molecule has 0 aliphatic carbocycles. The number of nitrogens with zero attached hydrogens (tertiary/aromatic N) is 3. The lowest BCUT2D eigenvalue weighted by molar-refractivity contribution is 0.137. The Balaban J connectivity index is 2.01. The second-order valence-electron chi connectivity index (χ2n) is 5.92. The number of sulfone groups is 1. The molecule has 0 N–H and O–H groups in total. The molecule has 6 heteroatoms. The van der Waals surface area contributed by atoms with Gasteiger partial charge in [0.1, 0.15) is 9.84 Å². The number of aryl methyl sites for hydroxylation is 2. The molecule has 0 aromatic carbocycles. The minimum absolute atomic E-state index is 0.251.